The van der Waals surface area contributed by atoms with E-state index < -0.39 is 0 Å². The minimum Gasteiger partial charge on any atom is -0.488 e. The molecule has 1 saturated carbocycles. The minimum absolute atomic E-state index is 0.344. The Balaban J connectivity index is 1.61. The van der Waals surface area contributed by atoms with Gasteiger partial charge in [-0.2, -0.15) is 0 Å². The van der Waals surface area contributed by atoms with Gasteiger partial charge in [0, 0.05) is 30.9 Å². The second-order valence-electron chi connectivity index (χ2n) is 5.67. The number of nitrogens with zero attached hydrogens (tertiary/aromatic N) is 1. The smallest absolute Gasteiger partial charge is 0.123 e. The first-order valence-corrected chi connectivity index (χ1v) is 8.53. The van der Waals surface area contributed by atoms with Gasteiger partial charge in [-0.05, 0) is 24.5 Å². The van der Waals surface area contributed by atoms with E-state index in [1.165, 1.54) is 31.2 Å². The number of rotatable bonds is 5. The van der Waals surface area contributed by atoms with Crippen molar-refractivity contribution in [1.29, 1.82) is 0 Å². The summed E-state index contributed by atoms with van der Waals surface area (Å²) in [6, 6.07) is 9.25. The molecule has 1 aliphatic heterocycles. The van der Waals surface area contributed by atoms with Crippen molar-refractivity contribution in [3.8, 4) is 5.75 Å². The van der Waals surface area contributed by atoms with Gasteiger partial charge in [-0.15, -0.1) is 0 Å². The lowest BCUT2D eigenvalue weighted by Gasteiger charge is -2.30. The van der Waals surface area contributed by atoms with E-state index in [1.54, 1.807) is 0 Å². The molecular weight excluding hydrogens is 302 g/mol. The number of fused-ring (bicyclic) bond motifs is 1. The van der Waals surface area contributed by atoms with E-state index >= 15 is 0 Å². The summed E-state index contributed by atoms with van der Waals surface area (Å²) in [4.78, 5) is 2.64. The summed E-state index contributed by atoms with van der Waals surface area (Å²) in [7, 11) is 0. The van der Waals surface area contributed by atoms with Gasteiger partial charge in [0.15, 0.2) is 0 Å². The van der Waals surface area contributed by atoms with Crippen LogP contribution in [-0.2, 0) is 6.42 Å². The van der Waals surface area contributed by atoms with Crippen molar-refractivity contribution in [2.45, 2.75) is 44.2 Å². The normalized spacial score (nSPS) is 22.7. The van der Waals surface area contributed by atoms with Crippen molar-refractivity contribution in [2.24, 2.45) is 0 Å². The van der Waals surface area contributed by atoms with Crippen molar-refractivity contribution in [2.75, 3.05) is 18.4 Å². The van der Waals surface area contributed by atoms with Crippen LogP contribution in [0.5, 0.6) is 5.75 Å². The van der Waals surface area contributed by atoms with Crippen LogP contribution in [0.3, 0.4) is 0 Å². The lowest BCUT2D eigenvalue weighted by Crippen LogP contribution is -2.41. The molecule has 0 N–H and O–H groups in total. The number of hydrogen-bond donors (Lipinski definition) is 0. The van der Waals surface area contributed by atoms with Crippen LogP contribution in [0, 0.1) is 0 Å². The maximum atomic E-state index is 6.09. The largest absolute Gasteiger partial charge is 0.488 e. The average Bonchev–Trinajstić information content (AvgIpc) is 3.07. The quantitative estimate of drug-likeness (QED) is 0.767. The number of alkyl halides is 1. The van der Waals surface area contributed by atoms with Gasteiger partial charge in [0.1, 0.15) is 11.9 Å². The Morgan fingerprint density at radius 1 is 1.21 bits per heavy atom. The Hall–Kier alpha value is -0.540. The van der Waals surface area contributed by atoms with Gasteiger partial charge in [0.05, 0.1) is 0 Å². The second kappa shape index (κ2) is 6.27. The van der Waals surface area contributed by atoms with Crippen molar-refractivity contribution in [3.05, 3.63) is 29.8 Å². The van der Waals surface area contributed by atoms with E-state index in [2.05, 4.69) is 45.1 Å². The molecule has 1 atom stereocenters. The zero-order valence-corrected chi connectivity index (χ0v) is 12.9. The van der Waals surface area contributed by atoms with Crippen molar-refractivity contribution in [3.63, 3.8) is 0 Å². The average molecular weight is 324 g/mol. The lowest BCUT2D eigenvalue weighted by molar-refractivity contribution is 0.123. The fourth-order valence-corrected chi connectivity index (χ4v) is 3.87. The zero-order chi connectivity index (χ0) is 13.1. The number of hydrogen-bond acceptors (Lipinski definition) is 2. The standard InChI is InChI=1S/C16H22BrNO/c17-9-10-18(14-6-2-3-7-14)12-15-11-13-5-1-4-8-16(13)19-15/h1,4-5,8,14-15H,2-3,6-7,9-12H2. The summed E-state index contributed by atoms with van der Waals surface area (Å²) < 4.78 is 6.09. The van der Waals surface area contributed by atoms with E-state index in [0.29, 0.717) is 6.10 Å². The maximum Gasteiger partial charge on any atom is 0.123 e. The van der Waals surface area contributed by atoms with Crippen LogP contribution in [0.15, 0.2) is 24.3 Å². The van der Waals surface area contributed by atoms with Crippen molar-refractivity contribution < 1.29 is 4.74 Å². The number of benzene rings is 1. The van der Waals surface area contributed by atoms with E-state index in [9.17, 15) is 0 Å². The molecule has 1 aromatic rings. The molecule has 0 saturated heterocycles. The van der Waals surface area contributed by atoms with Crippen LogP contribution in [0.2, 0.25) is 0 Å². The van der Waals surface area contributed by atoms with Crippen LogP contribution < -0.4 is 4.74 Å². The summed E-state index contributed by atoms with van der Waals surface area (Å²) in [5, 5.41) is 1.06. The molecule has 2 nitrogen and oxygen atoms in total. The first kappa shape index (κ1) is 13.4. The predicted molar refractivity (Wildman–Crippen MR) is 82.2 cm³/mol. The van der Waals surface area contributed by atoms with E-state index in [0.717, 1.165) is 36.6 Å². The van der Waals surface area contributed by atoms with Gasteiger partial charge < -0.3 is 4.74 Å². The van der Waals surface area contributed by atoms with E-state index in [-0.39, 0.29) is 0 Å². The van der Waals surface area contributed by atoms with Crippen LogP contribution >= 0.6 is 15.9 Å². The summed E-state index contributed by atoms with van der Waals surface area (Å²) in [5.41, 5.74) is 1.37. The molecule has 0 amide bonds. The predicted octanol–water partition coefficient (Wildman–Crippen LogP) is 3.63. The number of para-hydroxylation sites is 1. The zero-order valence-electron chi connectivity index (χ0n) is 11.4. The Labute approximate surface area is 124 Å². The molecule has 1 unspecified atom stereocenters. The van der Waals surface area contributed by atoms with Gasteiger partial charge in [0.25, 0.3) is 0 Å². The topological polar surface area (TPSA) is 12.5 Å². The summed E-state index contributed by atoms with van der Waals surface area (Å²) in [6.07, 6.45) is 6.95. The van der Waals surface area contributed by atoms with Gasteiger partial charge in [-0.25, -0.2) is 0 Å². The summed E-state index contributed by atoms with van der Waals surface area (Å²) >= 11 is 3.59. The highest BCUT2D eigenvalue weighted by Crippen LogP contribution is 2.30. The molecule has 3 rings (SSSR count). The molecule has 1 aliphatic carbocycles. The number of halogens is 1. The fraction of sp³-hybridized carbons (Fsp3) is 0.625. The fourth-order valence-electron chi connectivity index (χ4n) is 3.42. The Morgan fingerprint density at radius 3 is 2.74 bits per heavy atom. The van der Waals surface area contributed by atoms with Gasteiger partial charge >= 0.3 is 0 Å². The Morgan fingerprint density at radius 2 is 2.00 bits per heavy atom. The lowest BCUT2D eigenvalue weighted by atomic mass is 10.1. The molecule has 2 aliphatic rings. The summed E-state index contributed by atoms with van der Waals surface area (Å²) in [6.45, 7) is 2.21. The highest BCUT2D eigenvalue weighted by molar-refractivity contribution is 9.09. The molecule has 1 fully saturated rings. The molecule has 0 aromatic heterocycles. The third-order valence-corrected chi connectivity index (χ3v) is 4.72. The van der Waals surface area contributed by atoms with Gasteiger partial charge in [-0.1, -0.05) is 47.0 Å². The first-order chi connectivity index (χ1) is 9.36. The molecule has 3 heteroatoms. The molecule has 19 heavy (non-hydrogen) atoms. The first-order valence-electron chi connectivity index (χ1n) is 7.41. The highest BCUT2D eigenvalue weighted by Gasteiger charge is 2.28. The van der Waals surface area contributed by atoms with E-state index in [4.69, 9.17) is 4.74 Å². The van der Waals surface area contributed by atoms with Crippen molar-refractivity contribution >= 4 is 15.9 Å². The van der Waals surface area contributed by atoms with Crippen LogP contribution in [0.25, 0.3) is 0 Å². The highest BCUT2D eigenvalue weighted by atomic mass is 79.9. The third-order valence-electron chi connectivity index (χ3n) is 4.36. The van der Waals surface area contributed by atoms with Crippen LogP contribution in [0.4, 0.5) is 0 Å². The molecular formula is C16H22BrNO. The molecule has 0 bridgehead atoms. The maximum absolute atomic E-state index is 6.09. The van der Waals surface area contributed by atoms with Crippen LogP contribution in [0.1, 0.15) is 31.2 Å². The molecule has 0 radical (unpaired) electrons. The molecule has 104 valence electrons. The van der Waals surface area contributed by atoms with Gasteiger partial charge in [-0.3, -0.25) is 4.90 Å². The summed E-state index contributed by atoms with van der Waals surface area (Å²) in [5.74, 6) is 1.10. The minimum atomic E-state index is 0.344. The Kier molecular flexibility index (Phi) is 4.44. The molecule has 1 aromatic carbocycles. The van der Waals surface area contributed by atoms with Gasteiger partial charge in [0.2, 0.25) is 0 Å². The number of ether oxygens (including phenoxy) is 1. The Bertz CT molecular complexity index is 392. The second-order valence-corrected chi connectivity index (χ2v) is 6.47. The third kappa shape index (κ3) is 3.14. The van der Waals surface area contributed by atoms with Crippen molar-refractivity contribution in [1.82, 2.24) is 4.90 Å². The molecule has 1 heterocycles. The monoisotopic (exact) mass is 323 g/mol. The van der Waals surface area contributed by atoms with E-state index in [1.807, 2.05) is 0 Å². The van der Waals surface area contributed by atoms with Crippen LogP contribution in [-0.4, -0.2) is 35.5 Å². The molecule has 0 spiro atoms. The SMILES string of the molecule is BrCCN(CC1Cc2ccccc2O1)C1CCCC1.